The Hall–Kier alpha value is -0.710. The number of amides is 1. The summed E-state index contributed by atoms with van der Waals surface area (Å²) in [7, 11) is 0. The van der Waals surface area contributed by atoms with E-state index in [1.54, 1.807) is 6.92 Å². The molecule has 82 valence electrons. The molecule has 0 spiro atoms. The Bertz CT molecular complexity index is 218. The SMILES string of the molecule is CC(CSC(C(=O)O)C(C)C)C(N)=O. The molecule has 5 heteroatoms. The van der Waals surface area contributed by atoms with Gasteiger partial charge >= 0.3 is 5.97 Å². The number of thioether (sulfide) groups is 1. The second kappa shape index (κ2) is 5.90. The van der Waals surface area contributed by atoms with Gasteiger partial charge in [0.2, 0.25) is 5.91 Å². The Morgan fingerprint density at radius 2 is 1.86 bits per heavy atom. The summed E-state index contributed by atoms with van der Waals surface area (Å²) >= 11 is 1.27. The fraction of sp³-hybridized carbons (Fsp3) is 0.778. The minimum atomic E-state index is -0.832. The minimum absolute atomic E-state index is 0.0533. The molecular formula is C9H17NO3S. The molecule has 2 atom stereocenters. The minimum Gasteiger partial charge on any atom is -0.480 e. The smallest absolute Gasteiger partial charge is 0.316 e. The summed E-state index contributed by atoms with van der Waals surface area (Å²) in [4.78, 5) is 21.5. The second-order valence-electron chi connectivity index (χ2n) is 3.64. The fourth-order valence-electron chi connectivity index (χ4n) is 0.879. The average molecular weight is 219 g/mol. The van der Waals surface area contributed by atoms with E-state index in [1.807, 2.05) is 13.8 Å². The van der Waals surface area contributed by atoms with Gasteiger partial charge in [-0.1, -0.05) is 20.8 Å². The van der Waals surface area contributed by atoms with E-state index >= 15 is 0 Å². The van der Waals surface area contributed by atoms with Crippen molar-refractivity contribution >= 4 is 23.6 Å². The van der Waals surface area contributed by atoms with Crippen LogP contribution < -0.4 is 5.73 Å². The van der Waals surface area contributed by atoms with Crippen LogP contribution in [0.2, 0.25) is 0 Å². The molecule has 0 aromatic carbocycles. The van der Waals surface area contributed by atoms with E-state index in [0.717, 1.165) is 0 Å². The molecule has 0 radical (unpaired) electrons. The molecule has 0 heterocycles. The molecule has 2 unspecified atom stereocenters. The second-order valence-corrected chi connectivity index (χ2v) is 4.81. The Morgan fingerprint density at radius 1 is 1.36 bits per heavy atom. The van der Waals surface area contributed by atoms with E-state index in [4.69, 9.17) is 10.8 Å². The molecule has 0 aromatic rings. The molecule has 0 rings (SSSR count). The first-order chi connectivity index (χ1) is 6.36. The van der Waals surface area contributed by atoms with E-state index in [9.17, 15) is 9.59 Å². The van der Waals surface area contributed by atoms with Gasteiger partial charge in [-0.2, -0.15) is 0 Å². The third-order valence-electron chi connectivity index (χ3n) is 1.86. The molecule has 0 aromatic heterocycles. The van der Waals surface area contributed by atoms with Crippen LogP contribution in [-0.4, -0.2) is 28.0 Å². The number of nitrogens with two attached hydrogens (primary N) is 1. The first-order valence-corrected chi connectivity index (χ1v) is 5.54. The molecule has 0 aliphatic rings. The van der Waals surface area contributed by atoms with Gasteiger partial charge in [0.05, 0.1) is 0 Å². The number of carbonyl (C=O) groups excluding carboxylic acids is 1. The fourth-order valence-corrected chi connectivity index (χ4v) is 2.07. The first-order valence-electron chi connectivity index (χ1n) is 4.50. The molecule has 1 amide bonds. The number of carboxylic acids is 1. The van der Waals surface area contributed by atoms with Gasteiger partial charge in [0, 0.05) is 11.7 Å². The molecule has 0 aliphatic carbocycles. The molecule has 4 nitrogen and oxygen atoms in total. The zero-order valence-electron chi connectivity index (χ0n) is 8.69. The molecule has 0 fully saturated rings. The first kappa shape index (κ1) is 13.3. The highest BCUT2D eigenvalue weighted by molar-refractivity contribution is 8.00. The number of hydrogen-bond acceptors (Lipinski definition) is 3. The third-order valence-corrected chi connectivity index (χ3v) is 3.66. The van der Waals surface area contributed by atoms with Crippen molar-refractivity contribution in [2.45, 2.75) is 26.0 Å². The lowest BCUT2D eigenvalue weighted by molar-refractivity contribution is -0.137. The van der Waals surface area contributed by atoms with Crippen LogP contribution in [0, 0.1) is 11.8 Å². The third kappa shape index (κ3) is 4.50. The van der Waals surface area contributed by atoms with E-state index in [-0.39, 0.29) is 17.7 Å². The highest BCUT2D eigenvalue weighted by Gasteiger charge is 2.23. The average Bonchev–Trinajstić information content (AvgIpc) is 2.02. The maximum atomic E-state index is 10.8. The lowest BCUT2D eigenvalue weighted by atomic mass is 10.1. The standard InChI is InChI=1S/C9H17NO3S/c1-5(2)7(9(12)13)14-4-6(3)8(10)11/h5-7H,4H2,1-3H3,(H2,10,11)(H,12,13). The normalized spacial score (nSPS) is 15.1. The zero-order valence-corrected chi connectivity index (χ0v) is 9.50. The Labute approximate surface area is 88.2 Å². The lowest BCUT2D eigenvalue weighted by Gasteiger charge is -2.16. The largest absolute Gasteiger partial charge is 0.480 e. The lowest BCUT2D eigenvalue weighted by Crippen LogP contribution is -2.27. The van der Waals surface area contributed by atoms with Crippen molar-refractivity contribution in [3.63, 3.8) is 0 Å². The molecule has 0 bridgehead atoms. The topological polar surface area (TPSA) is 80.4 Å². The van der Waals surface area contributed by atoms with Gasteiger partial charge < -0.3 is 10.8 Å². The van der Waals surface area contributed by atoms with E-state index < -0.39 is 11.2 Å². The van der Waals surface area contributed by atoms with Crippen molar-refractivity contribution in [2.24, 2.45) is 17.6 Å². The molecule has 0 aliphatic heterocycles. The molecule has 14 heavy (non-hydrogen) atoms. The summed E-state index contributed by atoms with van der Waals surface area (Å²) < 4.78 is 0. The van der Waals surface area contributed by atoms with Crippen molar-refractivity contribution in [3.05, 3.63) is 0 Å². The Morgan fingerprint density at radius 3 is 2.14 bits per heavy atom. The number of rotatable bonds is 6. The molecule has 0 saturated heterocycles. The van der Waals surface area contributed by atoms with Gasteiger partial charge in [0.15, 0.2) is 0 Å². The van der Waals surface area contributed by atoms with Crippen LogP contribution in [0.1, 0.15) is 20.8 Å². The summed E-state index contributed by atoms with van der Waals surface area (Å²) in [5, 5.41) is 8.40. The number of aliphatic carboxylic acids is 1. The quantitative estimate of drug-likeness (QED) is 0.697. The van der Waals surface area contributed by atoms with Gasteiger partial charge in [-0.3, -0.25) is 9.59 Å². The Kier molecular flexibility index (Phi) is 5.60. The highest BCUT2D eigenvalue weighted by atomic mass is 32.2. The van der Waals surface area contributed by atoms with E-state index in [2.05, 4.69) is 0 Å². The van der Waals surface area contributed by atoms with Crippen molar-refractivity contribution < 1.29 is 14.7 Å². The monoisotopic (exact) mass is 219 g/mol. The molecule has 0 saturated carbocycles. The van der Waals surface area contributed by atoms with Crippen LogP contribution in [0.5, 0.6) is 0 Å². The summed E-state index contributed by atoms with van der Waals surface area (Å²) in [5.74, 6) is -0.977. The Balaban J connectivity index is 4.07. The van der Waals surface area contributed by atoms with Crippen molar-refractivity contribution in [2.75, 3.05) is 5.75 Å². The van der Waals surface area contributed by atoms with E-state index in [1.165, 1.54) is 11.8 Å². The number of carbonyl (C=O) groups is 2. The summed E-state index contributed by atoms with van der Waals surface area (Å²) in [5.41, 5.74) is 5.07. The molecule has 3 N–H and O–H groups in total. The van der Waals surface area contributed by atoms with Crippen LogP contribution in [0.4, 0.5) is 0 Å². The highest BCUT2D eigenvalue weighted by Crippen LogP contribution is 2.22. The number of carboxylic acid groups (broad SMARTS) is 1. The van der Waals surface area contributed by atoms with Crippen LogP contribution in [0.15, 0.2) is 0 Å². The van der Waals surface area contributed by atoms with Crippen molar-refractivity contribution in [3.8, 4) is 0 Å². The zero-order chi connectivity index (χ0) is 11.3. The summed E-state index contributed by atoms with van der Waals surface area (Å²) in [6.07, 6.45) is 0. The van der Waals surface area contributed by atoms with Gasteiger partial charge in [-0.05, 0) is 5.92 Å². The van der Waals surface area contributed by atoms with Crippen LogP contribution in [0.3, 0.4) is 0 Å². The predicted molar refractivity (Wildman–Crippen MR) is 57.1 cm³/mol. The number of hydrogen-bond donors (Lipinski definition) is 2. The predicted octanol–water partition coefficient (Wildman–Crippen LogP) is 0.950. The summed E-state index contributed by atoms with van der Waals surface area (Å²) in [6, 6.07) is 0. The van der Waals surface area contributed by atoms with Crippen molar-refractivity contribution in [1.29, 1.82) is 0 Å². The maximum absolute atomic E-state index is 10.8. The van der Waals surface area contributed by atoms with Gasteiger partial charge in [0.25, 0.3) is 0 Å². The van der Waals surface area contributed by atoms with Crippen LogP contribution in [0.25, 0.3) is 0 Å². The van der Waals surface area contributed by atoms with Crippen LogP contribution >= 0.6 is 11.8 Å². The van der Waals surface area contributed by atoms with Crippen LogP contribution in [-0.2, 0) is 9.59 Å². The van der Waals surface area contributed by atoms with Gasteiger partial charge in [0.1, 0.15) is 5.25 Å². The molecular weight excluding hydrogens is 202 g/mol. The van der Waals surface area contributed by atoms with E-state index in [0.29, 0.717) is 5.75 Å². The van der Waals surface area contributed by atoms with Gasteiger partial charge in [-0.25, -0.2) is 0 Å². The maximum Gasteiger partial charge on any atom is 0.316 e. The van der Waals surface area contributed by atoms with Gasteiger partial charge in [-0.15, -0.1) is 11.8 Å². The van der Waals surface area contributed by atoms with Crippen molar-refractivity contribution in [1.82, 2.24) is 0 Å². The summed E-state index contributed by atoms with van der Waals surface area (Å²) in [6.45, 7) is 5.40. The number of primary amides is 1.